The summed E-state index contributed by atoms with van der Waals surface area (Å²) in [7, 11) is -4.23. The third kappa shape index (κ3) is 3.73. The van der Waals surface area contributed by atoms with Crippen molar-refractivity contribution >= 4 is 21.7 Å². The van der Waals surface area contributed by atoms with Crippen LogP contribution in [0.15, 0.2) is 41.3 Å². The summed E-state index contributed by atoms with van der Waals surface area (Å²) in [4.78, 5) is 12.9. The molecule has 9 heteroatoms. The number of ether oxygens (including phenoxy) is 1. The van der Waals surface area contributed by atoms with Gasteiger partial charge in [0.2, 0.25) is 10.0 Å². The maximum atomic E-state index is 12.1. The number of carboxylic acid groups (broad SMARTS) is 1. The molecule has 0 bridgehead atoms. The van der Waals surface area contributed by atoms with E-state index in [0.29, 0.717) is 18.8 Å². The Morgan fingerprint density at radius 2 is 1.73 bits per heavy atom. The van der Waals surface area contributed by atoms with Gasteiger partial charge in [-0.15, -0.1) is 0 Å². The van der Waals surface area contributed by atoms with Crippen LogP contribution in [0.3, 0.4) is 0 Å². The van der Waals surface area contributed by atoms with Gasteiger partial charge in [-0.2, -0.15) is 0 Å². The van der Waals surface area contributed by atoms with Crippen LogP contribution in [-0.2, 0) is 10.0 Å². The number of phenols is 1. The molecule has 0 saturated carbocycles. The van der Waals surface area contributed by atoms with Crippen LogP contribution >= 0.6 is 0 Å². The molecule has 26 heavy (non-hydrogen) atoms. The number of carboxylic acids is 1. The Labute approximate surface area is 150 Å². The van der Waals surface area contributed by atoms with Gasteiger partial charge < -0.3 is 19.8 Å². The highest BCUT2D eigenvalue weighted by Crippen LogP contribution is 2.40. The fourth-order valence-electron chi connectivity index (χ4n) is 2.85. The van der Waals surface area contributed by atoms with Crippen LogP contribution in [0.2, 0.25) is 0 Å². The third-order valence-corrected chi connectivity index (χ3v) is 5.01. The zero-order chi connectivity index (χ0) is 18.9. The lowest BCUT2D eigenvalue weighted by Gasteiger charge is -2.23. The number of hydrogen-bond donors (Lipinski definition) is 3. The molecule has 0 unspecified atom stereocenters. The lowest BCUT2D eigenvalue weighted by atomic mass is 10.1. The van der Waals surface area contributed by atoms with Gasteiger partial charge in [0.05, 0.1) is 11.3 Å². The van der Waals surface area contributed by atoms with E-state index in [-0.39, 0.29) is 22.8 Å². The topological polar surface area (TPSA) is 130 Å². The third-order valence-electron chi connectivity index (χ3n) is 4.09. The molecule has 0 radical (unpaired) electrons. The first-order valence-corrected chi connectivity index (χ1v) is 9.46. The van der Waals surface area contributed by atoms with E-state index < -0.39 is 20.9 Å². The minimum Gasteiger partial charge on any atom is -0.508 e. The van der Waals surface area contributed by atoms with Gasteiger partial charge in [0.1, 0.15) is 16.4 Å². The fourth-order valence-corrected chi connectivity index (χ4v) is 3.55. The average Bonchev–Trinajstić information content (AvgIpc) is 3.10. The van der Waals surface area contributed by atoms with Crippen molar-refractivity contribution in [2.75, 3.05) is 18.0 Å². The lowest BCUT2D eigenvalue weighted by molar-refractivity contribution is 0.0696. The second-order valence-electron chi connectivity index (χ2n) is 5.96. The molecule has 1 aliphatic rings. The van der Waals surface area contributed by atoms with Crippen molar-refractivity contribution in [1.82, 2.24) is 0 Å². The molecule has 0 spiro atoms. The summed E-state index contributed by atoms with van der Waals surface area (Å²) in [6.07, 6.45) is 1.81. The van der Waals surface area contributed by atoms with E-state index in [1.807, 2.05) is 4.90 Å². The van der Waals surface area contributed by atoms with Gasteiger partial charge in [0, 0.05) is 13.1 Å². The Hall–Kier alpha value is -2.78. The molecule has 2 aromatic rings. The quantitative estimate of drug-likeness (QED) is 0.726. The summed E-state index contributed by atoms with van der Waals surface area (Å²) in [5.74, 6) is -0.960. The van der Waals surface area contributed by atoms with E-state index in [1.165, 1.54) is 30.3 Å². The van der Waals surface area contributed by atoms with Crippen molar-refractivity contribution in [1.29, 1.82) is 0 Å². The van der Waals surface area contributed by atoms with Gasteiger partial charge >= 0.3 is 5.97 Å². The van der Waals surface area contributed by atoms with Crippen LogP contribution in [0.5, 0.6) is 17.2 Å². The number of anilines is 1. The van der Waals surface area contributed by atoms with E-state index in [2.05, 4.69) is 0 Å². The van der Waals surface area contributed by atoms with E-state index >= 15 is 0 Å². The van der Waals surface area contributed by atoms with Crippen molar-refractivity contribution in [2.24, 2.45) is 5.14 Å². The molecule has 1 heterocycles. The summed E-state index contributed by atoms with van der Waals surface area (Å²) < 4.78 is 29.9. The Balaban J connectivity index is 2.20. The second-order valence-corrected chi connectivity index (χ2v) is 7.49. The molecular formula is C17H18N2O6S. The predicted molar refractivity (Wildman–Crippen MR) is 94.4 cm³/mol. The fraction of sp³-hybridized carbons (Fsp3) is 0.235. The number of phenolic OH excluding ortho intramolecular Hbond substituents is 1. The van der Waals surface area contributed by atoms with E-state index in [9.17, 15) is 23.4 Å². The molecule has 0 aliphatic carbocycles. The van der Waals surface area contributed by atoms with E-state index in [4.69, 9.17) is 9.88 Å². The summed E-state index contributed by atoms with van der Waals surface area (Å²) in [5, 5.41) is 24.0. The van der Waals surface area contributed by atoms with Crippen LogP contribution in [0.4, 0.5) is 5.69 Å². The zero-order valence-corrected chi connectivity index (χ0v) is 14.6. The molecular weight excluding hydrogens is 360 g/mol. The predicted octanol–water partition coefficient (Wildman–Crippen LogP) is 2.13. The van der Waals surface area contributed by atoms with Gasteiger partial charge in [-0.3, -0.25) is 0 Å². The Kier molecular flexibility index (Phi) is 4.75. The molecule has 8 nitrogen and oxygen atoms in total. The maximum absolute atomic E-state index is 12.1. The molecule has 4 N–H and O–H groups in total. The van der Waals surface area contributed by atoms with E-state index in [0.717, 1.165) is 18.9 Å². The van der Waals surface area contributed by atoms with Gasteiger partial charge in [0.15, 0.2) is 5.75 Å². The van der Waals surface area contributed by atoms with Crippen molar-refractivity contribution < 1.29 is 28.2 Å². The van der Waals surface area contributed by atoms with Crippen molar-refractivity contribution in [2.45, 2.75) is 17.7 Å². The molecule has 1 fully saturated rings. The van der Waals surface area contributed by atoms with Crippen molar-refractivity contribution in [3.8, 4) is 17.2 Å². The Morgan fingerprint density at radius 1 is 1.12 bits per heavy atom. The molecule has 2 aromatic carbocycles. The Morgan fingerprint density at radius 3 is 2.27 bits per heavy atom. The maximum Gasteiger partial charge on any atom is 0.335 e. The molecule has 0 aromatic heterocycles. The first-order chi connectivity index (χ1) is 12.3. The number of nitrogens with two attached hydrogens (primary N) is 1. The normalized spacial score (nSPS) is 14.4. The van der Waals surface area contributed by atoms with Crippen molar-refractivity contribution in [3.63, 3.8) is 0 Å². The number of aromatic carboxylic acids is 1. The lowest BCUT2D eigenvalue weighted by Crippen LogP contribution is -2.21. The van der Waals surface area contributed by atoms with Gasteiger partial charge in [-0.25, -0.2) is 18.4 Å². The van der Waals surface area contributed by atoms with Crippen molar-refractivity contribution in [3.05, 3.63) is 42.0 Å². The van der Waals surface area contributed by atoms with Crippen LogP contribution in [0.1, 0.15) is 23.2 Å². The Bertz CT molecular complexity index is 934. The summed E-state index contributed by atoms with van der Waals surface area (Å²) in [5.41, 5.74) is 0.175. The SMILES string of the molecule is NS(=O)(=O)c1cc(C(=O)O)cc(N2CCCC2)c1Oc1ccc(O)cc1. The minimum atomic E-state index is -4.23. The zero-order valence-electron chi connectivity index (χ0n) is 13.8. The number of carbonyl (C=O) groups is 1. The summed E-state index contributed by atoms with van der Waals surface area (Å²) >= 11 is 0. The highest BCUT2D eigenvalue weighted by atomic mass is 32.2. The largest absolute Gasteiger partial charge is 0.508 e. The molecule has 0 atom stereocenters. The van der Waals surface area contributed by atoms with Crippen LogP contribution < -0.4 is 14.8 Å². The highest BCUT2D eigenvalue weighted by Gasteiger charge is 2.27. The number of sulfonamides is 1. The van der Waals surface area contributed by atoms with E-state index in [1.54, 1.807) is 0 Å². The second kappa shape index (κ2) is 6.85. The summed E-state index contributed by atoms with van der Waals surface area (Å²) in [6.45, 7) is 1.30. The number of nitrogens with zero attached hydrogens (tertiary/aromatic N) is 1. The monoisotopic (exact) mass is 378 g/mol. The number of primary sulfonamides is 1. The van der Waals surface area contributed by atoms with Crippen LogP contribution in [0.25, 0.3) is 0 Å². The summed E-state index contributed by atoms with van der Waals surface area (Å²) in [6, 6.07) is 8.12. The minimum absolute atomic E-state index is 0.0231. The molecule has 1 saturated heterocycles. The van der Waals surface area contributed by atoms with Gasteiger partial charge in [-0.05, 0) is 49.2 Å². The molecule has 3 rings (SSSR count). The molecule has 138 valence electrons. The number of benzene rings is 2. The highest BCUT2D eigenvalue weighted by molar-refractivity contribution is 7.89. The van der Waals surface area contributed by atoms with Gasteiger partial charge in [0.25, 0.3) is 0 Å². The molecule has 0 amide bonds. The standard InChI is InChI=1S/C17H18N2O6S/c18-26(23,24)15-10-11(17(21)22)9-14(19-7-1-2-8-19)16(15)25-13-5-3-12(20)4-6-13/h3-6,9-10,20H,1-2,7-8H2,(H,21,22)(H2,18,23,24). The van der Waals surface area contributed by atoms with Gasteiger partial charge in [-0.1, -0.05) is 0 Å². The van der Waals surface area contributed by atoms with Crippen LogP contribution in [0, 0.1) is 0 Å². The van der Waals surface area contributed by atoms with Crippen LogP contribution in [-0.4, -0.2) is 37.7 Å². The smallest absolute Gasteiger partial charge is 0.335 e. The first kappa shape index (κ1) is 18.0. The first-order valence-electron chi connectivity index (χ1n) is 7.91. The number of aromatic hydroxyl groups is 1. The molecule has 1 aliphatic heterocycles. The number of rotatable bonds is 5. The average molecular weight is 378 g/mol. The number of hydrogen-bond acceptors (Lipinski definition) is 6.